The van der Waals surface area contributed by atoms with Crippen LogP contribution in [0.4, 0.5) is 11.4 Å². The van der Waals surface area contributed by atoms with Crippen LogP contribution in [0.5, 0.6) is 0 Å². The Hall–Kier alpha value is -1.96. The molecule has 0 spiro atoms. The summed E-state index contributed by atoms with van der Waals surface area (Å²) in [5, 5.41) is 0. The van der Waals surface area contributed by atoms with E-state index < -0.39 is 0 Å². The highest BCUT2D eigenvalue weighted by atomic mass is 15.4. The van der Waals surface area contributed by atoms with Crippen LogP contribution in [0.1, 0.15) is 75.6 Å². The molecule has 0 unspecified atom stereocenters. The number of rotatable bonds is 10. The second-order valence-electron chi connectivity index (χ2n) is 8.52. The van der Waals surface area contributed by atoms with Gasteiger partial charge in [0.2, 0.25) is 0 Å². The summed E-state index contributed by atoms with van der Waals surface area (Å²) in [7, 11) is 0. The minimum Gasteiger partial charge on any atom is -0.352 e. The van der Waals surface area contributed by atoms with Crippen LogP contribution in [0.15, 0.2) is 36.4 Å². The molecular formula is C27H40N2. The van der Waals surface area contributed by atoms with Crippen molar-refractivity contribution in [2.24, 2.45) is 0 Å². The van der Waals surface area contributed by atoms with Crippen LogP contribution < -0.4 is 9.80 Å². The summed E-state index contributed by atoms with van der Waals surface area (Å²) >= 11 is 0. The van der Waals surface area contributed by atoms with E-state index in [4.69, 9.17) is 0 Å². The van der Waals surface area contributed by atoms with Crippen molar-refractivity contribution in [1.29, 1.82) is 0 Å². The summed E-state index contributed by atoms with van der Waals surface area (Å²) in [6.45, 7) is 12.5. The van der Waals surface area contributed by atoms with Crippen LogP contribution in [0.2, 0.25) is 0 Å². The first-order chi connectivity index (χ1) is 14.2. The van der Waals surface area contributed by atoms with Gasteiger partial charge in [-0.3, -0.25) is 0 Å². The Morgan fingerprint density at radius 1 is 0.552 bits per heavy atom. The summed E-state index contributed by atoms with van der Waals surface area (Å²) < 4.78 is 0. The first kappa shape index (κ1) is 21.7. The number of hydrogen-bond acceptors (Lipinski definition) is 2. The fourth-order valence-corrected chi connectivity index (χ4v) is 4.94. The Morgan fingerprint density at radius 3 is 1.14 bits per heavy atom. The van der Waals surface area contributed by atoms with Gasteiger partial charge in [-0.1, -0.05) is 89.8 Å². The summed E-state index contributed by atoms with van der Waals surface area (Å²) in [5.41, 5.74) is 9.21. The molecule has 3 rings (SSSR count). The third-order valence-corrected chi connectivity index (χ3v) is 6.10. The van der Waals surface area contributed by atoms with E-state index in [0.29, 0.717) is 0 Å². The van der Waals surface area contributed by atoms with Crippen molar-refractivity contribution in [3.63, 3.8) is 0 Å². The molecule has 1 aliphatic heterocycles. The summed E-state index contributed by atoms with van der Waals surface area (Å²) in [4.78, 5) is 5.32. The van der Waals surface area contributed by atoms with E-state index in [1.54, 1.807) is 0 Å². The Kier molecular flexibility index (Phi) is 8.03. The van der Waals surface area contributed by atoms with E-state index in [9.17, 15) is 0 Å². The molecule has 1 fully saturated rings. The summed E-state index contributed by atoms with van der Waals surface area (Å²) in [5.74, 6) is 0. The number of benzene rings is 2. The molecule has 0 saturated carbocycles. The van der Waals surface area contributed by atoms with Crippen molar-refractivity contribution in [3.8, 4) is 0 Å². The third kappa shape index (κ3) is 4.97. The van der Waals surface area contributed by atoms with E-state index in [0.717, 1.165) is 19.8 Å². The van der Waals surface area contributed by atoms with Gasteiger partial charge in [-0.15, -0.1) is 0 Å². The lowest BCUT2D eigenvalue weighted by molar-refractivity contribution is 0.846. The predicted octanol–water partition coefficient (Wildman–Crippen LogP) is 6.78. The molecule has 29 heavy (non-hydrogen) atoms. The second kappa shape index (κ2) is 10.7. The third-order valence-electron chi connectivity index (χ3n) is 6.10. The molecule has 0 radical (unpaired) electrons. The van der Waals surface area contributed by atoms with E-state index >= 15 is 0 Å². The molecular weight excluding hydrogens is 352 g/mol. The van der Waals surface area contributed by atoms with Gasteiger partial charge in [-0.25, -0.2) is 0 Å². The lowest BCUT2D eigenvalue weighted by Gasteiger charge is -2.28. The quantitative estimate of drug-likeness (QED) is 0.439. The van der Waals surface area contributed by atoms with Crippen LogP contribution in [-0.2, 0) is 25.7 Å². The van der Waals surface area contributed by atoms with Gasteiger partial charge in [0.1, 0.15) is 0 Å². The average molecular weight is 393 g/mol. The topological polar surface area (TPSA) is 6.48 Å². The van der Waals surface area contributed by atoms with Gasteiger partial charge in [0, 0.05) is 24.5 Å². The zero-order valence-electron chi connectivity index (χ0n) is 19.1. The van der Waals surface area contributed by atoms with Gasteiger partial charge in [0.15, 0.2) is 0 Å². The molecule has 1 saturated heterocycles. The zero-order valence-corrected chi connectivity index (χ0v) is 19.1. The highest BCUT2D eigenvalue weighted by Crippen LogP contribution is 2.34. The highest BCUT2D eigenvalue weighted by molar-refractivity contribution is 5.66. The van der Waals surface area contributed by atoms with Crippen LogP contribution in [0.25, 0.3) is 0 Å². The standard InChI is InChI=1S/C27H40N2/c1-5-11-22-15-9-16-23(12-6-2)26(22)28-19-20-29(21-28)27-24(13-7-3)17-10-18-25(27)14-8-4/h9-10,15-18H,5-8,11-14,19-21H2,1-4H3. The maximum Gasteiger partial charge on any atom is 0.0904 e. The molecule has 0 bridgehead atoms. The minimum atomic E-state index is 1.02. The monoisotopic (exact) mass is 392 g/mol. The maximum atomic E-state index is 2.66. The van der Waals surface area contributed by atoms with Gasteiger partial charge >= 0.3 is 0 Å². The molecule has 1 heterocycles. The highest BCUT2D eigenvalue weighted by Gasteiger charge is 2.26. The normalized spacial score (nSPS) is 14.1. The van der Waals surface area contributed by atoms with Crippen LogP contribution >= 0.6 is 0 Å². The van der Waals surface area contributed by atoms with Crippen LogP contribution in [0, 0.1) is 0 Å². The van der Waals surface area contributed by atoms with E-state index in [-0.39, 0.29) is 0 Å². The number of hydrogen-bond donors (Lipinski definition) is 0. The predicted molar refractivity (Wildman–Crippen MR) is 128 cm³/mol. The zero-order chi connectivity index (χ0) is 20.6. The van der Waals surface area contributed by atoms with E-state index in [1.165, 1.54) is 85.0 Å². The largest absolute Gasteiger partial charge is 0.352 e. The molecule has 1 aliphatic rings. The van der Waals surface area contributed by atoms with E-state index in [1.807, 2.05) is 0 Å². The van der Waals surface area contributed by atoms with Gasteiger partial charge in [0.25, 0.3) is 0 Å². The molecule has 0 aliphatic carbocycles. The number of nitrogens with zero attached hydrogens (tertiary/aromatic N) is 2. The van der Waals surface area contributed by atoms with E-state index in [2.05, 4.69) is 73.9 Å². The van der Waals surface area contributed by atoms with Crippen molar-refractivity contribution in [3.05, 3.63) is 58.7 Å². The first-order valence-corrected chi connectivity index (χ1v) is 11.9. The number of anilines is 2. The van der Waals surface area contributed by atoms with Gasteiger partial charge in [-0.2, -0.15) is 0 Å². The molecule has 158 valence electrons. The summed E-state index contributed by atoms with van der Waals surface area (Å²) in [6, 6.07) is 14.0. The van der Waals surface area contributed by atoms with Crippen LogP contribution in [0.3, 0.4) is 0 Å². The fourth-order valence-electron chi connectivity index (χ4n) is 4.94. The van der Waals surface area contributed by atoms with Crippen molar-refractivity contribution in [2.45, 2.75) is 79.1 Å². The van der Waals surface area contributed by atoms with Gasteiger partial charge in [-0.05, 0) is 47.9 Å². The van der Waals surface area contributed by atoms with Crippen molar-refractivity contribution >= 4 is 11.4 Å². The minimum absolute atomic E-state index is 1.02. The first-order valence-electron chi connectivity index (χ1n) is 11.9. The second-order valence-corrected chi connectivity index (χ2v) is 8.52. The van der Waals surface area contributed by atoms with Gasteiger partial charge < -0.3 is 9.80 Å². The molecule has 0 atom stereocenters. The Morgan fingerprint density at radius 2 is 0.862 bits per heavy atom. The molecule has 2 aromatic carbocycles. The smallest absolute Gasteiger partial charge is 0.0904 e. The fraction of sp³-hybridized carbons (Fsp3) is 0.556. The SMILES string of the molecule is CCCc1cccc(CCC)c1N1CCN(c2c(CCC)cccc2CCC)C1. The van der Waals surface area contributed by atoms with Gasteiger partial charge in [0.05, 0.1) is 6.67 Å². The number of para-hydroxylation sites is 2. The molecule has 2 aromatic rings. The Balaban J connectivity index is 1.93. The average Bonchev–Trinajstić information content (AvgIpc) is 3.19. The molecule has 0 amide bonds. The Labute approximate surface area is 178 Å². The molecule has 0 N–H and O–H groups in total. The molecule has 2 heteroatoms. The van der Waals surface area contributed by atoms with Crippen LogP contribution in [-0.4, -0.2) is 19.8 Å². The maximum absolute atomic E-state index is 2.66. The van der Waals surface area contributed by atoms with Crippen molar-refractivity contribution < 1.29 is 0 Å². The number of aryl methyl sites for hydroxylation is 4. The molecule has 2 nitrogen and oxygen atoms in total. The summed E-state index contributed by atoms with van der Waals surface area (Å²) in [6.07, 6.45) is 9.54. The lowest BCUT2D eigenvalue weighted by Crippen LogP contribution is -2.28. The molecule has 0 aromatic heterocycles. The van der Waals surface area contributed by atoms with Crippen molar-refractivity contribution in [2.75, 3.05) is 29.6 Å². The van der Waals surface area contributed by atoms with Crippen molar-refractivity contribution in [1.82, 2.24) is 0 Å². The Bertz CT molecular complexity index is 666. The lowest BCUT2D eigenvalue weighted by atomic mass is 9.99.